The fourth-order valence-corrected chi connectivity index (χ4v) is 2.21. The number of hydrogen-bond acceptors (Lipinski definition) is 6. The second kappa shape index (κ2) is 7.78. The van der Waals surface area contributed by atoms with Crippen LogP contribution in [0.3, 0.4) is 0 Å². The van der Waals surface area contributed by atoms with E-state index in [4.69, 9.17) is 10.5 Å². The van der Waals surface area contributed by atoms with E-state index in [1.807, 2.05) is 4.90 Å². The number of morpholine rings is 1. The standard InChI is InChI=1S/C14H23N5O2/c1-2-3-12-17-11(15)10-13(18-12)16-5-4-14(20)19-6-8-21-9-7-19/h10H,2-9H2,1H3,(H3,15,16,17,18). The van der Waals surface area contributed by atoms with Crippen molar-refractivity contribution < 1.29 is 9.53 Å². The molecule has 21 heavy (non-hydrogen) atoms. The Labute approximate surface area is 124 Å². The fourth-order valence-electron chi connectivity index (χ4n) is 2.21. The molecular formula is C14H23N5O2. The molecule has 1 amide bonds. The van der Waals surface area contributed by atoms with Gasteiger partial charge in [-0.05, 0) is 6.42 Å². The first kappa shape index (κ1) is 15.5. The maximum Gasteiger partial charge on any atom is 0.224 e. The predicted octanol–water partition coefficient (Wildman–Crippen LogP) is 0.672. The topological polar surface area (TPSA) is 93.4 Å². The van der Waals surface area contributed by atoms with E-state index in [-0.39, 0.29) is 5.91 Å². The van der Waals surface area contributed by atoms with E-state index < -0.39 is 0 Å². The molecule has 0 saturated carbocycles. The van der Waals surface area contributed by atoms with Crippen molar-refractivity contribution in [3.8, 4) is 0 Å². The van der Waals surface area contributed by atoms with Gasteiger partial charge in [0.15, 0.2) is 0 Å². The van der Waals surface area contributed by atoms with Gasteiger partial charge in [0.25, 0.3) is 0 Å². The van der Waals surface area contributed by atoms with Crippen LogP contribution in [-0.4, -0.2) is 53.6 Å². The van der Waals surface area contributed by atoms with Crippen LogP contribution in [0.15, 0.2) is 6.07 Å². The zero-order chi connectivity index (χ0) is 15.1. The third-order valence-corrected chi connectivity index (χ3v) is 3.27. The average molecular weight is 293 g/mol. The molecule has 0 radical (unpaired) electrons. The van der Waals surface area contributed by atoms with E-state index in [0.717, 1.165) is 18.7 Å². The maximum atomic E-state index is 12.0. The molecule has 2 heterocycles. The van der Waals surface area contributed by atoms with Crippen LogP contribution >= 0.6 is 0 Å². The van der Waals surface area contributed by atoms with Gasteiger partial charge in [-0.15, -0.1) is 0 Å². The molecule has 3 N–H and O–H groups in total. The first-order valence-electron chi connectivity index (χ1n) is 7.42. The maximum absolute atomic E-state index is 12.0. The lowest BCUT2D eigenvalue weighted by atomic mass is 10.3. The molecule has 1 aromatic rings. The molecule has 1 saturated heterocycles. The number of aryl methyl sites for hydroxylation is 1. The zero-order valence-electron chi connectivity index (χ0n) is 12.5. The summed E-state index contributed by atoms with van der Waals surface area (Å²) >= 11 is 0. The molecule has 1 aromatic heterocycles. The number of hydrogen-bond donors (Lipinski definition) is 2. The number of carbonyl (C=O) groups is 1. The Hall–Kier alpha value is -1.89. The Balaban J connectivity index is 1.81. The van der Waals surface area contributed by atoms with Gasteiger partial charge in [-0.25, -0.2) is 9.97 Å². The van der Waals surface area contributed by atoms with E-state index >= 15 is 0 Å². The summed E-state index contributed by atoms with van der Waals surface area (Å²) < 4.78 is 5.23. The highest BCUT2D eigenvalue weighted by Crippen LogP contribution is 2.10. The summed E-state index contributed by atoms with van der Waals surface area (Å²) in [5, 5.41) is 3.14. The van der Waals surface area contributed by atoms with Crippen LogP contribution in [0.1, 0.15) is 25.6 Å². The van der Waals surface area contributed by atoms with Gasteiger partial charge >= 0.3 is 0 Å². The number of anilines is 2. The van der Waals surface area contributed by atoms with Crippen LogP contribution < -0.4 is 11.1 Å². The lowest BCUT2D eigenvalue weighted by molar-refractivity contribution is -0.134. The Bertz CT molecular complexity index is 474. The molecule has 1 fully saturated rings. The van der Waals surface area contributed by atoms with Crippen LogP contribution in [0.2, 0.25) is 0 Å². The zero-order valence-corrected chi connectivity index (χ0v) is 12.5. The highest BCUT2D eigenvalue weighted by Gasteiger charge is 2.16. The summed E-state index contributed by atoms with van der Waals surface area (Å²) in [5.74, 6) is 2.01. The Morgan fingerprint density at radius 2 is 2.19 bits per heavy atom. The van der Waals surface area contributed by atoms with Crippen molar-refractivity contribution in [1.29, 1.82) is 0 Å². The van der Waals surface area contributed by atoms with Crippen molar-refractivity contribution in [3.63, 3.8) is 0 Å². The highest BCUT2D eigenvalue weighted by molar-refractivity contribution is 5.76. The quantitative estimate of drug-likeness (QED) is 0.801. The molecule has 0 aliphatic carbocycles. The first-order chi connectivity index (χ1) is 10.2. The number of nitrogens with one attached hydrogen (secondary N) is 1. The third-order valence-electron chi connectivity index (χ3n) is 3.27. The molecule has 0 atom stereocenters. The number of nitrogens with two attached hydrogens (primary N) is 1. The summed E-state index contributed by atoms with van der Waals surface area (Å²) in [6.07, 6.45) is 2.21. The van der Waals surface area contributed by atoms with Crippen LogP contribution in [0.5, 0.6) is 0 Å². The number of nitrogens with zero attached hydrogens (tertiary/aromatic N) is 3. The van der Waals surface area contributed by atoms with Crippen LogP contribution in [-0.2, 0) is 16.0 Å². The van der Waals surface area contributed by atoms with Gasteiger partial charge < -0.3 is 20.7 Å². The molecule has 1 aliphatic heterocycles. The summed E-state index contributed by atoms with van der Waals surface area (Å²) in [7, 11) is 0. The third kappa shape index (κ3) is 4.86. The van der Waals surface area contributed by atoms with Crippen molar-refractivity contribution in [3.05, 3.63) is 11.9 Å². The van der Waals surface area contributed by atoms with Gasteiger partial charge in [-0.1, -0.05) is 6.92 Å². The second-order valence-electron chi connectivity index (χ2n) is 5.01. The number of carbonyl (C=O) groups excluding carboxylic acids is 1. The number of rotatable bonds is 6. The first-order valence-corrected chi connectivity index (χ1v) is 7.42. The summed E-state index contributed by atoms with van der Waals surface area (Å²) in [5.41, 5.74) is 5.76. The van der Waals surface area contributed by atoms with Gasteiger partial charge in [0.1, 0.15) is 17.5 Å². The van der Waals surface area contributed by atoms with E-state index in [2.05, 4.69) is 22.2 Å². The molecule has 7 heteroatoms. The molecule has 0 unspecified atom stereocenters. The Morgan fingerprint density at radius 1 is 1.43 bits per heavy atom. The molecule has 0 bridgehead atoms. The minimum Gasteiger partial charge on any atom is -0.384 e. The van der Waals surface area contributed by atoms with E-state index in [1.54, 1.807) is 6.07 Å². The van der Waals surface area contributed by atoms with Crippen molar-refractivity contribution in [2.45, 2.75) is 26.2 Å². The van der Waals surface area contributed by atoms with E-state index in [0.29, 0.717) is 50.9 Å². The van der Waals surface area contributed by atoms with Crippen LogP contribution in [0, 0.1) is 0 Å². The van der Waals surface area contributed by atoms with E-state index in [1.165, 1.54) is 0 Å². The van der Waals surface area contributed by atoms with Gasteiger partial charge in [0, 0.05) is 38.5 Å². The van der Waals surface area contributed by atoms with Crippen LogP contribution in [0.4, 0.5) is 11.6 Å². The van der Waals surface area contributed by atoms with Crippen molar-refractivity contribution in [1.82, 2.24) is 14.9 Å². The van der Waals surface area contributed by atoms with Crippen molar-refractivity contribution in [2.24, 2.45) is 0 Å². The van der Waals surface area contributed by atoms with Gasteiger partial charge in [0.05, 0.1) is 13.2 Å². The molecule has 7 nitrogen and oxygen atoms in total. The highest BCUT2D eigenvalue weighted by atomic mass is 16.5. The summed E-state index contributed by atoms with van der Waals surface area (Å²) in [6.45, 7) is 5.22. The number of nitrogen functional groups attached to an aromatic ring is 1. The molecule has 1 aliphatic rings. The lowest BCUT2D eigenvalue weighted by Crippen LogP contribution is -2.41. The van der Waals surface area contributed by atoms with Crippen LogP contribution in [0.25, 0.3) is 0 Å². The van der Waals surface area contributed by atoms with Crippen molar-refractivity contribution in [2.75, 3.05) is 43.9 Å². The Morgan fingerprint density at radius 3 is 2.90 bits per heavy atom. The van der Waals surface area contributed by atoms with Gasteiger partial charge in [-0.3, -0.25) is 4.79 Å². The van der Waals surface area contributed by atoms with Crippen molar-refractivity contribution >= 4 is 17.5 Å². The Kier molecular flexibility index (Phi) is 5.74. The molecule has 0 aromatic carbocycles. The SMILES string of the molecule is CCCc1nc(N)cc(NCCC(=O)N2CCOCC2)n1. The number of aromatic nitrogens is 2. The number of ether oxygens (including phenoxy) is 1. The molecule has 0 spiro atoms. The normalized spacial score (nSPS) is 15.0. The summed E-state index contributed by atoms with van der Waals surface area (Å²) in [4.78, 5) is 22.4. The van der Waals surface area contributed by atoms with Gasteiger partial charge in [-0.2, -0.15) is 0 Å². The van der Waals surface area contributed by atoms with E-state index in [9.17, 15) is 4.79 Å². The predicted molar refractivity (Wildman–Crippen MR) is 80.9 cm³/mol. The minimum atomic E-state index is 0.140. The lowest BCUT2D eigenvalue weighted by Gasteiger charge is -2.26. The second-order valence-corrected chi connectivity index (χ2v) is 5.01. The number of amides is 1. The molecule has 116 valence electrons. The molecule has 2 rings (SSSR count). The molecular weight excluding hydrogens is 270 g/mol. The average Bonchev–Trinajstić information content (AvgIpc) is 2.48. The smallest absolute Gasteiger partial charge is 0.224 e. The monoisotopic (exact) mass is 293 g/mol. The minimum absolute atomic E-state index is 0.140. The largest absolute Gasteiger partial charge is 0.384 e. The van der Waals surface area contributed by atoms with Gasteiger partial charge in [0.2, 0.25) is 5.91 Å². The summed E-state index contributed by atoms with van der Waals surface area (Å²) in [6, 6.07) is 1.69. The fraction of sp³-hybridized carbons (Fsp3) is 0.643.